The Morgan fingerprint density at radius 1 is 1.47 bits per heavy atom. The van der Waals surface area contributed by atoms with Crippen LogP contribution in [-0.2, 0) is 0 Å². The fraction of sp³-hybridized carbons (Fsp3) is 0.0909. The van der Waals surface area contributed by atoms with Crippen molar-refractivity contribution in [2.45, 2.75) is 0 Å². The summed E-state index contributed by atoms with van der Waals surface area (Å²) in [6.07, 6.45) is 1.14. The Labute approximate surface area is 101 Å². The highest BCUT2D eigenvalue weighted by molar-refractivity contribution is 6.31. The molecule has 1 aromatic carbocycles. The molecular weight excluding hydrogens is 246 g/mol. The number of halogens is 1. The lowest BCUT2D eigenvalue weighted by Crippen LogP contribution is -2.15. The van der Waals surface area contributed by atoms with Gasteiger partial charge in [0.05, 0.1) is 18.0 Å². The Balaban J connectivity index is 2.91. The fourth-order valence-electron chi connectivity index (χ4n) is 1.58. The van der Waals surface area contributed by atoms with E-state index in [0.717, 1.165) is 6.20 Å². The number of rotatable bonds is 2. The van der Waals surface area contributed by atoms with Crippen molar-refractivity contribution in [2.75, 3.05) is 7.11 Å². The van der Waals surface area contributed by atoms with Crippen molar-refractivity contribution in [3.63, 3.8) is 0 Å². The summed E-state index contributed by atoms with van der Waals surface area (Å²) < 4.78 is 5.06. The predicted octanol–water partition coefficient (Wildman–Crippen LogP) is 1.89. The van der Waals surface area contributed by atoms with Gasteiger partial charge in [-0.3, -0.25) is 4.79 Å². The summed E-state index contributed by atoms with van der Waals surface area (Å²) in [4.78, 5) is 25.4. The van der Waals surface area contributed by atoms with Crippen molar-refractivity contribution in [2.24, 2.45) is 0 Å². The molecule has 0 saturated heterocycles. The van der Waals surface area contributed by atoms with Gasteiger partial charge < -0.3 is 14.8 Å². The Bertz CT molecular complexity index is 662. The summed E-state index contributed by atoms with van der Waals surface area (Å²) in [7, 11) is 1.44. The smallest absolute Gasteiger partial charge is 0.341 e. The van der Waals surface area contributed by atoms with Crippen LogP contribution in [0.1, 0.15) is 10.4 Å². The second-order valence-corrected chi connectivity index (χ2v) is 3.80. The maximum Gasteiger partial charge on any atom is 0.341 e. The Hall–Kier alpha value is -2.01. The normalized spacial score (nSPS) is 10.5. The zero-order chi connectivity index (χ0) is 12.6. The third-order valence-electron chi connectivity index (χ3n) is 2.37. The second-order valence-electron chi connectivity index (χ2n) is 3.37. The first kappa shape index (κ1) is 11.5. The minimum absolute atomic E-state index is 0.189. The van der Waals surface area contributed by atoms with Gasteiger partial charge in [0.15, 0.2) is 0 Å². The van der Waals surface area contributed by atoms with Gasteiger partial charge in [-0.15, -0.1) is 0 Å². The number of ether oxygens (including phenoxy) is 1. The molecule has 0 bridgehead atoms. The molecule has 6 heteroatoms. The molecule has 1 aromatic heterocycles. The van der Waals surface area contributed by atoms with Gasteiger partial charge in [-0.05, 0) is 6.07 Å². The van der Waals surface area contributed by atoms with E-state index in [1.54, 1.807) is 6.07 Å². The van der Waals surface area contributed by atoms with Gasteiger partial charge in [0.1, 0.15) is 11.3 Å². The van der Waals surface area contributed by atoms with Crippen LogP contribution in [0.15, 0.2) is 23.1 Å². The third-order valence-corrected chi connectivity index (χ3v) is 2.59. The molecule has 0 amide bonds. The molecule has 0 radical (unpaired) electrons. The molecule has 0 atom stereocenters. The lowest BCUT2D eigenvalue weighted by Gasteiger charge is -2.06. The highest BCUT2D eigenvalue weighted by Crippen LogP contribution is 2.26. The molecule has 0 aliphatic heterocycles. The molecule has 2 aromatic rings. The molecule has 0 spiro atoms. The summed E-state index contributed by atoms with van der Waals surface area (Å²) in [5.74, 6) is -0.895. The van der Waals surface area contributed by atoms with Gasteiger partial charge in [0.25, 0.3) is 0 Å². The van der Waals surface area contributed by atoms with Crippen LogP contribution >= 0.6 is 11.6 Å². The lowest BCUT2D eigenvalue weighted by atomic mass is 10.1. The molecule has 0 unspecified atom stereocenters. The van der Waals surface area contributed by atoms with E-state index in [9.17, 15) is 9.59 Å². The van der Waals surface area contributed by atoms with Gasteiger partial charge in [-0.2, -0.15) is 0 Å². The standard InChI is InChI=1S/C11H8ClNO4/c1-17-8-3-5(12)2-6-9(8)13-4-7(10(6)14)11(15)16/h2-4H,1H3,(H,13,14)(H,15,16). The summed E-state index contributed by atoms with van der Waals surface area (Å²) in [5.41, 5.74) is -0.499. The van der Waals surface area contributed by atoms with Crippen LogP contribution in [0.25, 0.3) is 10.9 Å². The number of hydrogen-bond acceptors (Lipinski definition) is 3. The van der Waals surface area contributed by atoms with Crippen LogP contribution in [-0.4, -0.2) is 23.2 Å². The number of pyridine rings is 1. The molecular formula is C11H8ClNO4. The quantitative estimate of drug-likeness (QED) is 0.857. The maximum atomic E-state index is 11.9. The summed E-state index contributed by atoms with van der Waals surface area (Å²) >= 11 is 5.83. The van der Waals surface area contributed by atoms with Gasteiger partial charge in [-0.1, -0.05) is 11.6 Å². The molecule has 0 aliphatic carbocycles. The SMILES string of the molecule is COc1cc(Cl)cc2c(=O)c(C(=O)O)c[nH]c12. The zero-order valence-electron chi connectivity index (χ0n) is 8.78. The zero-order valence-corrected chi connectivity index (χ0v) is 9.54. The highest BCUT2D eigenvalue weighted by atomic mass is 35.5. The van der Waals surface area contributed by atoms with Crippen molar-refractivity contribution in [1.29, 1.82) is 0 Å². The fourth-order valence-corrected chi connectivity index (χ4v) is 1.79. The second kappa shape index (κ2) is 4.10. The number of aromatic nitrogens is 1. The number of hydrogen-bond donors (Lipinski definition) is 2. The molecule has 1 heterocycles. The average molecular weight is 254 g/mol. The van der Waals surface area contributed by atoms with Crippen molar-refractivity contribution in [3.05, 3.63) is 39.1 Å². The average Bonchev–Trinajstić information content (AvgIpc) is 2.28. The molecule has 0 fully saturated rings. The molecule has 88 valence electrons. The van der Waals surface area contributed by atoms with Gasteiger partial charge in [0.2, 0.25) is 5.43 Å². The van der Waals surface area contributed by atoms with Crippen molar-refractivity contribution in [3.8, 4) is 5.75 Å². The van der Waals surface area contributed by atoms with Crippen molar-refractivity contribution < 1.29 is 14.6 Å². The van der Waals surface area contributed by atoms with Crippen LogP contribution in [0.4, 0.5) is 0 Å². The number of carboxylic acids is 1. The van der Waals surface area contributed by atoms with Gasteiger partial charge >= 0.3 is 5.97 Å². The Morgan fingerprint density at radius 2 is 2.18 bits per heavy atom. The first-order valence-electron chi connectivity index (χ1n) is 4.67. The van der Waals surface area contributed by atoms with E-state index in [2.05, 4.69) is 4.98 Å². The van der Waals surface area contributed by atoms with E-state index < -0.39 is 11.4 Å². The van der Waals surface area contributed by atoms with Crippen LogP contribution in [0.5, 0.6) is 5.75 Å². The van der Waals surface area contributed by atoms with E-state index in [1.165, 1.54) is 13.2 Å². The predicted molar refractivity (Wildman–Crippen MR) is 63.1 cm³/mol. The number of aromatic amines is 1. The third kappa shape index (κ3) is 1.85. The molecule has 2 rings (SSSR count). The molecule has 0 saturated carbocycles. The summed E-state index contributed by atoms with van der Waals surface area (Å²) in [6.45, 7) is 0. The number of H-pyrrole nitrogens is 1. The Morgan fingerprint density at radius 3 is 2.76 bits per heavy atom. The van der Waals surface area contributed by atoms with E-state index in [0.29, 0.717) is 16.3 Å². The Kier molecular flexibility index (Phi) is 2.77. The van der Waals surface area contributed by atoms with E-state index in [1.807, 2.05) is 0 Å². The first-order valence-corrected chi connectivity index (χ1v) is 5.04. The van der Waals surface area contributed by atoms with E-state index in [4.69, 9.17) is 21.4 Å². The van der Waals surface area contributed by atoms with Crippen LogP contribution in [0.3, 0.4) is 0 Å². The number of nitrogens with one attached hydrogen (secondary N) is 1. The van der Waals surface area contributed by atoms with Gasteiger partial charge in [0, 0.05) is 17.3 Å². The topological polar surface area (TPSA) is 79.4 Å². The number of aromatic carboxylic acids is 1. The minimum atomic E-state index is -1.29. The number of methoxy groups -OCH3 is 1. The number of carbonyl (C=O) groups is 1. The number of carboxylic acid groups (broad SMARTS) is 1. The molecule has 17 heavy (non-hydrogen) atoms. The molecule has 0 aliphatic rings. The summed E-state index contributed by atoms with van der Waals surface area (Å²) in [5, 5.41) is 9.33. The largest absolute Gasteiger partial charge is 0.494 e. The highest BCUT2D eigenvalue weighted by Gasteiger charge is 2.14. The monoisotopic (exact) mass is 253 g/mol. The first-order chi connectivity index (χ1) is 8.04. The van der Waals surface area contributed by atoms with Crippen LogP contribution < -0.4 is 10.2 Å². The maximum absolute atomic E-state index is 11.9. The van der Waals surface area contributed by atoms with Crippen molar-refractivity contribution >= 4 is 28.5 Å². The van der Waals surface area contributed by atoms with Crippen LogP contribution in [0.2, 0.25) is 5.02 Å². The van der Waals surface area contributed by atoms with E-state index >= 15 is 0 Å². The van der Waals surface area contributed by atoms with Crippen molar-refractivity contribution in [1.82, 2.24) is 4.98 Å². The van der Waals surface area contributed by atoms with E-state index in [-0.39, 0.29) is 10.9 Å². The molecule has 5 nitrogen and oxygen atoms in total. The lowest BCUT2D eigenvalue weighted by molar-refractivity contribution is 0.0695. The van der Waals surface area contributed by atoms with Crippen LogP contribution in [0, 0.1) is 0 Å². The number of benzene rings is 1. The summed E-state index contributed by atoms with van der Waals surface area (Å²) in [6, 6.07) is 2.95. The minimum Gasteiger partial charge on any atom is -0.494 e. The molecule has 2 N–H and O–H groups in total. The number of fused-ring (bicyclic) bond motifs is 1. The van der Waals surface area contributed by atoms with Gasteiger partial charge in [-0.25, -0.2) is 4.79 Å².